The van der Waals surface area contributed by atoms with E-state index in [4.69, 9.17) is 0 Å². The van der Waals surface area contributed by atoms with Crippen LogP contribution in [0, 0.1) is 0 Å². The Hall–Kier alpha value is -2.31. The van der Waals surface area contributed by atoms with Crippen LogP contribution in [0.5, 0.6) is 0 Å². The average molecular weight is 325 g/mol. The maximum Gasteiger partial charge on any atom is 0.416 e. The van der Waals surface area contributed by atoms with Crippen molar-refractivity contribution in [2.45, 2.75) is 25.4 Å². The molecule has 0 radical (unpaired) electrons. The Bertz CT molecular complexity index is 653. The first-order chi connectivity index (χ1) is 10.8. The van der Waals surface area contributed by atoms with Crippen LogP contribution in [0.25, 0.3) is 0 Å². The van der Waals surface area contributed by atoms with Crippen molar-refractivity contribution >= 4 is 5.91 Å². The number of hydrogen-bond acceptors (Lipinski definition) is 2. The molecule has 0 spiro atoms. The fourth-order valence-electron chi connectivity index (χ4n) is 2.28. The number of imidazole rings is 1. The van der Waals surface area contributed by atoms with E-state index in [0.717, 1.165) is 17.8 Å². The zero-order valence-corrected chi connectivity index (χ0v) is 12.9. The molecule has 0 saturated heterocycles. The van der Waals surface area contributed by atoms with Gasteiger partial charge in [-0.15, -0.1) is 0 Å². The van der Waals surface area contributed by atoms with Gasteiger partial charge in [0.25, 0.3) is 0 Å². The molecule has 1 aromatic carbocycles. The zero-order chi connectivity index (χ0) is 17.0. The number of carbonyl (C=O) groups is 1. The number of halogens is 3. The highest BCUT2D eigenvalue weighted by molar-refractivity contribution is 5.83. The zero-order valence-electron chi connectivity index (χ0n) is 12.9. The number of H-pyrrole nitrogens is 1. The van der Waals surface area contributed by atoms with Crippen LogP contribution in [0.4, 0.5) is 13.2 Å². The van der Waals surface area contributed by atoms with Crippen molar-refractivity contribution in [1.82, 2.24) is 14.9 Å². The molecule has 0 saturated carbocycles. The quantitative estimate of drug-likeness (QED) is 0.917. The van der Waals surface area contributed by atoms with Crippen LogP contribution in [-0.4, -0.2) is 34.4 Å². The first-order valence-electron chi connectivity index (χ1n) is 7.18. The van der Waals surface area contributed by atoms with E-state index < -0.39 is 17.7 Å². The second kappa shape index (κ2) is 6.85. The number of carbonyl (C=O) groups excluding carboxylic acids is 1. The molecule has 1 N–H and O–H groups in total. The van der Waals surface area contributed by atoms with Crippen molar-refractivity contribution in [1.29, 1.82) is 0 Å². The fraction of sp³-hybridized carbons (Fsp3) is 0.375. The highest BCUT2D eigenvalue weighted by atomic mass is 19.4. The SMILES string of the molecule is CC(C(=O)N(C)CCc1cnc[nH]1)c1cccc(C(F)(F)F)c1. The summed E-state index contributed by atoms with van der Waals surface area (Å²) in [5, 5.41) is 0. The summed E-state index contributed by atoms with van der Waals surface area (Å²) in [6.07, 6.45) is -0.570. The molecule has 0 aliphatic rings. The van der Waals surface area contributed by atoms with Gasteiger partial charge in [-0.3, -0.25) is 4.79 Å². The molecule has 0 aliphatic carbocycles. The first kappa shape index (κ1) is 17.1. The number of nitrogens with zero attached hydrogens (tertiary/aromatic N) is 2. The normalized spacial score (nSPS) is 12.9. The van der Waals surface area contributed by atoms with Crippen LogP contribution < -0.4 is 0 Å². The number of likely N-dealkylation sites (N-methyl/N-ethyl adjacent to an activating group) is 1. The molecule has 0 aliphatic heterocycles. The lowest BCUT2D eigenvalue weighted by Crippen LogP contribution is -2.32. The molecular formula is C16H18F3N3O. The van der Waals surface area contributed by atoms with E-state index in [0.29, 0.717) is 18.5 Å². The predicted octanol–water partition coefficient (Wildman–Crippen LogP) is 3.23. The van der Waals surface area contributed by atoms with Crippen molar-refractivity contribution in [3.63, 3.8) is 0 Å². The topological polar surface area (TPSA) is 49.0 Å². The van der Waals surface area contributed by atoms with Crippen molar-refractivity contribution in [3.8, 4) is 0 Å². The van der Waals surface area contributed by atoms with E-state index >= 15 is 0 Å². The number of amides is 1. The fourth-order valence-corrected chi connectivity index (χ4v) is 2.28. The summed E-state index contributed by atoms with van der Waals surface area (Å²) in [6.45, 7) is 2.08. The largest absolute Gasteiger partial charge is 0.416 e. The highest BCUT2D eigenvalue weighted by Gasteiger charge is 2.31. The highest BCUT2D eigenvalue weighted by Crippen LogP contribution is 2.31. The second-order valence-electron chi connectivity index (χ2n) is 5.43. The number of benzene rings is 1. The molecule has 4 nitrogen and oxygen atoms in total. The summed E-state index contributed by atoms with van der Waals surface area (Å²) in [6, 6.07) is 4.90. The van der Waals surface area contributed by atoms with Crippen LogP contribution in [0.2, 0.25) is 0 Å². The van der Waals surface area contributed by atoms with Crippen LogP contribution in [-0.2, 0) is 17.4 Å². The lowest BCUT2D eigenvalue weighted by atomic mass is 9.97. The van der Waals surface area contributed by atoms with Gasteiger partial charge in [-0.2, -0.15) is 13.2 Å². The summed E-state index contributed by atoms with van der Waals surface area (Å²) in [5.74, 6) is -0.854. The van der Waals surface area contributed by atoms with E-state index in [2.05, 4.69) is 9.97 Å². The molecule has 2 aromatic rings. The first-order valence-corrected chi connectivity index (χ1v) is 7.18. The van der Waals surface area contributed by atoms with E-state index in [1.807, 2.05) is 0 Å². The number of rotatable bonds is 5. The molecule has 0 bridgehead atoms. The van der Waals surface area contributed by atoms with Gasteiger partial charge < -0.3 is 9.88 Å². The van der Waals surface area contributed by atoms with Crippen LogP contribution in [0.3, 0.4) is 0 Å². The third kappa shape index (κ3) is 4.34. The lowest BCUT2D eigenvalue weighted by Gasteiger charge is -2.22. The van der Waals surface area contributed by atoms with Gasteiger partial charge in [-0.1, -0.05) is 18.2 Å². The third-order valence-electron chi connectivity index (χ3n) is 3.73. The molecule has 124 valence electrons. The number of hydrogen-bond donors (Lipinski definition) is 1. The summed E-state index contributed by atoms with van der Waals surface area (Å²) in [4.78, 5) is 20.7. The summed E-state index contributed by atoms with van der Waals surface area (Å²) in [7, 11) is 1.64. The average Bonchev–Trinajstić information content (AvgIpc) is 3.04. The van der Waals surface area contributed by atoms with Gasteiger partial charge in [0.1, 0.15) is 0 Å². The molecule has 1 heterocycles. The standard InChI is InChI=1S/C16H18F3N3O/c1-11(12-4-3-5-13(8-12)16(17,18)19)15(23)22(2)7-6-14-9-20-10-21-14/h3-5,8-11H,6-7H2,1-2H3,(H,20,21). The van der Waals surface area contributed by atoms with Crippen molar-refractivity contribution in [2.24, 2.45) is 0 Å². The van der Waals surface area contributed by atoms with E-state index in [1.165, 1.54) is 11.0 Å². The Morgan fingerprint density at radius 3 is 2.74 bits per heavy atom. The Labute approximate surface area is 132 Å². The minimum Gasteiger partial charge on any atom is -0.348 e. The van der Waals surface area contributed by atoms with E-state index in [9.17, 15) is 18.0 Å². The van der Waals surface area contributed by atoms with Crippen LogP contribution >= 0.6 is 0 Å². The number of aromatic amines is 1. The molecule has 0 fully saturated rings. The monoisotopic (exact) mass is 325 g/mol. The molecule has 7 heteroatoms. The predicted molar refractivity (Wildman–Crippen MR) is 79.8 cm³/mol. The molecule has 23 heavy (non-hydrogen) atoms. The van der Waals surface area contributed by atoms with E-state index in [-0.39, 0.29) is 5.91 Å². The van der Waals surface area contributed by atoms with Gasteiger partial charge in [0.05, 0.1) is 17.8 Å². The van der Waals surface area contributed by atoms with Crippen molar-refractivity contribution in [2.75, 3.05) is 13.6 Å². The molecule has 1 aromatic heterocycles. The van der Waals surface area contributed by atoms with Crippen molar-refractivity contribution in [3.05, 3.63) is 53.6 Å². The van der Waals surface area contributed by atoms with E-state index in [1.54, 1.807) is 32.6 Å². The molecular weight excluding hydrogens is 307 g/mol. The van der Waals surface area contributed by atoms with Crippen LogP contribution in [0.1, 0.15) is 29.7 Å². The number of aromatic nitrogens is 2. The van der Waals surface area contributed by atoms with Gasteiger partial charge in [-0.05, 0) is 18.6 Å². The van der Waals surface area contributed by atoms with Gasteiger partial charge >= 0.3 is 6.18 Å². The van der Waals surface area contributed by atoms with Gasteiger partial charge in [0.2, 0.25) is 5.91 Å². The Kier molecular flexibility index (Phi) is 5.08. The number of alkyl halides is 3. The van der Waals surface area contributed by atoms with Gasteiger partial charge in [0.15, 0.2) is 0 Å². The van der Waals surface area contributed by atoms with Crippen molar-refractivity contribution < 1.29 is 18.0 Å². The minimum absolute atomic E-state index is 0.219. The maximum absolute atomic E-state index is 12.8. The molecule has 2 rings (SSSR count). The summed E-state index contributed by atoms with van der Waals surface area (Å²) < 4.78 is 38.3. The molecule has 1 unspecified atom stereocenters. The molecule has 1 atom stereocenters. The smallest absolute Gasteiger partial charge is 0.348 e. The summed E-state index contributed by atoms with van der Waals surface area (Å²) in [5.41, 5.74) is 0.518. The van der Waals surface area contributed by atoms with Crippen LogP contribution in [0.15, 0.2) is 36.8 Å². The Balaban J connectivity index is 2.04. The Morgan fingerprint density at radius 2 is 2.13 bits per heavy atom. The molecule has 1 amide bonds. The minimum atomic E-state index is -4.41. The number of nitrogens with one attached hydrogen (secondary N) is 1. The van der Waals surface area contributed by atoms with Gasteiger partial charge in [0, 0.05) is 31.9 Å². The third-order valence-corrected chi connectivity index (χ3v) is 3.73. The van der Waals surface area contributed by atoms with Gasteiger partial charge in [-0.25, -0.2) is 4.98 Å². The second-order valence-corrected chi connectivity index (χ2v) is 5.43. The Morgan fingerprint density at radius 1 is 1.39 bits per heavy atom. The summed E-state index contributed by atoms with van der Waals surface area (Å²) >= 11 is 0. The maximum atomic E-state index is 12.8. The lowest BCUT2D eigenvalue weighted by molar-refractivity contribution is -0.138.